The normalized spacial score (nSPS) is 23.3. The van der Waals surface area contributed by atoms with Crippen LogP contribution in [0.3, 0.4) is 0 Å². The Kier molecular flexibility index (Phi) is 8.07. The van der Waals surface area contributed by atoms with E-state index in [2.05, 4.69) is 19.2 Å². The first kappa shape index (κ1) is 16.4. The summed E-state index contributed by atoms with van der Waals surface area (Å²) in [4.78, 5) is 14.4. The molecule has 1 heterocycles. The highest BCUT2D eigenvalue weighted by molar-refractivity contribution is 5.79. The number of piperidine rings is 1. The maximum atomic E-state index is 12.5. The summed E-state index contributed by atoms with van der Waals surface area (Å²) in [5, 5.41) is 12.5. The minimum Gasteiger partial charge on any atom is -0.395 e. The van der Waals surface area contributed by atoms with Gasteiger partial charge in [0, 0.05) is 25.0 Å². The zero-order valence-electron chi connectivity index (χ0n) is 12.5. The lowest BCUT2D eigenvalue weighted by Crippen LogP contribution is -2.45. The molecule has 0 saturated carbocycles. The lowest BCUT2D eigenvalue weighted by Gasteiger charge is -2.32. The van der Waals surface area contributed by atoms with Crippen molar-refractivity contribution in [3.8, 4) is 0 Å². The molecule has 1 aliphatic heterocycles. The van der Waals surface area contributed by atoms with E-state index in [4.69, 9.17) is 5.11 Å². The van der Waals surface area contributed by atoms with E-state index in [9.17, 15) is 4.79 Å². The zero-order chi connectivity index (χ0) is 14.1. The zero-order valence-corrected chi connectivity index (χ0v) is 12.5. The highest BCUT2D eigenvalue weighted by atomic mass is 16.3. The number of rotatable bonds is 8. The molecule has 4 nitrogen and oxygen atoms in total. The van der Waals surface area contributed by atoms with E-state index in [1.807, 2.05) is 4.90 Å². The van der Waals surface area contributed by atoms with E-state index in [-0.39, 0.29) is 18.4 Å². The summed E-state index contributed by atoms with van der Waals surface area (Å²) < 4.78 is 0. The predicted octanol–water partition coefficient (Wildman–Crippen LogP) is 1.78. The van der Waals surface area contributed by atoms with Gasteiger partial charge in [-0.05, 0) is 32.7 Å². The number of nitrogens with one attached hydrogen (secondary N) is 1. The van der Waals surface area contributed by atoms with Gasteiger partial charge in [-0.1, -0.05) is 26.2 Å². The Morgan fingerprint density at radius 2 is 2.11 bits per heavy atom. The van der Waals surface area contributed by atoms with Gasteiger partial charge in [-0.15, -0.1) is 0 Å². The summed E-state index contributed by atoms with van der Waals surface area (Å²) in [5.74, 6) is 0.396. The van der Waals surface area contributed by atoms with Crippen molar-refractivity contribution in [3.63, 3.8) is 0 Å². The van der Waals surface area contributed by atoms with Crippen molar-refractivity contribution in [2.45, 2.75) is 58.4 Å². The van der Waals surface area contributed by atoms with Gasteiger partial charge < -0.3 is 15.3 Å². The molecule has 0 aliphatic carbocycles. The average molecular weight is 270 g/mol. The third kappa shape index (κ3) is 5.91. The van der Waals surface area contributed by atoms with Crippen LogP contribution in [0, 0.1) is 5.92 Å². The van der Waals surface area contributed by atoms with Gasteiger partial charge in [-0.2, -0.15) is 0 Å². The standard InChI is InChI=1S/C15H30N2O2/c1-3-4-5-6-9-17(10-11-18)15(19)14-7-8-16-13(2)12-14/h13-14,16,18H,3-12H2,1-2H3. The van der Waals surface area contributed by atoms with Gasteiger partial charge in [0.2, 0.25) is 5.91 Å². The third-order valence-corrected chi connectivity index (χ3v) is 3.94. The number of amides is 1. The first-order chi connectivity index (χ1) is 9.19. The smallest absolute Gasteiger partial charge is 0.225 e. The number of unbranched alkanes of at least 4 members (excludes halogenated alkanes) is 3. The molecule has 0 radical (unpaired) electrons. The Hall–Kier alpha value is -0.610. The molecule has 0 bridgehead atoms. The van der Waals surface area contributed by atoms with Gasteiger partial charge in [0.15, 0.2) is 0 Å². The van der Waals surface area contributed by atoms with Crippen molar-refractivity contribution in [2.75, 3.05) is 26.2 Å². The number of aliphatic hydroxyl groups excluding tert-OH is 1. The van der Waals surface area contributed by atoms with Crippen LogP contribution in [0.2, 0.25) is 0 Å². The van der Waals surface area contributed by atoms with Gasteiger partial charge in [-0.25, -0.2) is 0 Å². The van der Waals surface area contributed by atoms with Crippen LogP contribution in [0.1, 0.15) is 52.4 Å². The first-order valence-electron chi connectivity index (χ1n) is 7.82. The number of carbonyl (C=O) groups is 1. The van der Waals surface area contributed by atoms with Gasteiger partial charge in [-0.3, -0.25) is 4.79 Å². The number of hydrogen-bond acceptors (Lipinski definition) is 3. The van der Waals surface area contributed by atoms with Gasteiger partial charge in [0.1, 0.15) is 0 Å². The van der Waals surface area contributed by atoms with Crippen LogP contribution in [0.4, 0.5) is 0 Å². The number of carbonyl (C=O) groups excluding carboxylic acids is 1. The van der Waals surface area contributed by atoms with Crippen molar-refractivity contribution in [3.05, 3.63) is 0 Å². The average Bonchev–Trinajstić information content (AvgIpc) is 2.41. The van der Waals surface area contributed by atoms with Crippen molar-refractivity contribution in [2.24, 2.45) is 5.92 Å². The fourth-order valence-corrected chi connectivity index (χ4v) is 2.80. The molecule has 0 aromatic rings. The summed E-state index contributed by atoms with van der Waals surface area (Å²) in [6, 6.07) is 0.429. The quantitative estimate of drug-likeness (QED) is 0.661. The number of aliphatic hydroxyl groups is 1. The molecule has 0 aromatic heterocycles. The molecule has 4 heteroatoms. The molecule has 1 aliphatic rings. The largest absolute Gasteiger partial charge is 0.395 e. The Labute approximate surface area is 117 Å². The van der Waals surface area contributed by atoms with E-state index >= 15 is 0 Å². The summed E-state index contributed by atoms with van der Waals surface area (Å²) in [6.45, 7) is 6.62. The highest BCUT2D eigenvalue weighted by Gasteiger charge is 2.27. The number of hydrogen-bond donors (Lipinski definition) is 2. The molecule has 19 heavy (non-hydrogen) atoms. The maximum absolute atomic E-state index is 12.5. The second kappa shape index (κ2) is 9.32. The van der Waals surface area contributed by atoms with Crippen molar-refractivity contribution in [1.29, 1.82) is 0 Å². The van der Waals surface area contributed by atoms with Crippen LogP contribution >= 0.6 is 0 Å². The fraction of sp³-hybridized carbons (Fsp3) is 0.933. The Balaban J connectivity index is 2.42. The van der Waals surface area contributed by atoms with Crippen LogP contribution < -0.4 is 5.32 Å². The van der Waals surface area contributed by atoms with Crippen LogP contribution in [0.5, 0.6) is 0 Å². The molecule has 2 unspecified atom stereocenters. The molecule has 1 rings (SSSR count). The Bertz CT molecular complexity index is 259. The fourth-order valence-electron chi connectivity index (χ4n) is 2.80. The third-order valence-electron chi connectivity index (χ3n) is 3.94. The molecule has 1 fully saturated rings. The highest BCUT2D eigenvalue weighted by Crippen LogP contribution is 2.19. The molecule has 2 atom stereocenters. The molecular formula is C15H30N2O2. The SMILES string of the molecule is CCCCCCN(CCO)C(=O)C1CCNC(C)C1. The van der Waals surface area contributed by atoms with Gasteiger partial charge in [0.25, 0.3) is 0 Å². The molecule has 0 spiro atoms. The first-order valence-corrected chi connectivity index (χ1v) is 7.82. The van der Waals surface area contributed by atoms with Gasteiger partial charge in [0.05, 0.1) is 6.61 Å². The van der Waals surface area contributed by atoms with Crippen LogP contribution in [-0.4, -0.2) is 48.2 Å². The van der Waals surface area contributed by atoms with Crippen LogP contribution in [-0.2, 0) is 4.79 Å². The van der Waals surface area contributed by atoms with E-state index in [0.717, 1.165) is 32.4 Å². The van der Waals surface area contributed by atoms with E-state index in [1.54, 1.807) is 0 Å². The van der Waals surface area contributed by atoms with Crippen LogP contribution in [0.25, 0.3) is 0 Å². The molecule has 1 saturated heterocycles. The van der Waals surface area contributed by atoms with E-state index in [1.165, 1.54) is 19.3 Å². The maximum Gasteiger partial charge on any atom is 0.225 e. The summed E-state index contributed by atoms with van der Waals surface area (Å²) >= 11 is 0. The molecule has 2 N–H and O–H groups in total. The summed E-state index contributed by atoms with van der Waals surface area (Å²) in [5.41, 5.74) is 0. The van der Waals surface area contributed by atoms with E-state index < -0.39 is 0 Å². The monoisotopic (exact) mass is 270 g/mol. The lowest BCUT2D eigenvalue weighted by atomic mass is 9.92. The molecule has 0 aromatic carbocycles. The second-order valence-corrected chi connectivity index (χ2v) is 5.69. The topological polar surface area (TPSA) is 52.6 Å². The molecule has 1 amide bonds. The van der Waals surface area contributed by atoms with Crippen molar-refractivity contribution >= 4 is 5.91 Å². The van der Waals surface area contributed by atoms with E-state index in [0.29, 0.717) is 12.6 Å². The number of nitrogens with zero attached hydrogens (tertiary/aromatic N) is 1. The Morgan fingerprint density at radius 1 is 1.32 bits per heavy atom. The predicted molar refractivity (Wildman–Crippen MR) is 78.0 cm³/mol. The van der Waals surface area contributed by atoms with Gasteiger partial charge >= 0.3 is 0 Å². The Morgan fingerprint density at radius 3 is 2.74 bits per heavy atom. The molecule has 112 valence electrons. The van der Waals surface area contributed by atoms with Crippen molar-refractivity contribution in [1.82, 2.24) is 10.2 Å². The van der Waals surface area contributed by atoms with Crippen LogP contribution in [0.15, 0.2) is 0 Å². The lowest BCUT2D eigenvalue weighted by molar-refractivity contribution is -0.137. The minimum atomic E-state index is 0.0695. The summed E-state index contributed by atoms with van der Waals surface area (Å²) in [6.07, 6.45) is 6.52. The summed E-state index contributed by atoms with van der Waals surface area (Å²) in [7, 11) is 0. The molecular weight excluding hydrogens is 240 g/mol. The second-order valence-electron chi connectivity index (χ2n) is 5.69. The minimum absolute atomic E-state index is 0.0695. The van der Waals surface area contributed by atoms with Crippen molar-refractivity contribution < 1.29 is 9.90 Å².